The van der Waals surface area contributed by atoms with Crippen LogP contribution in [0.3, 0.4) is 0 Å². The first-order valence-electron chi connectivity index (χ1n) is 8.51. The summed E-state index contributed by atoms with van der Waals surface area (Å²) in [5.74, 6) is 1.31. The van der Waals surface area contributed by atoms with Gasteiger partial charge in [0.15, 0.2) is 0 Å². The monoisotopic (exact) mass is 365 g/mol. The van der Waals surface area contributed by atoms with Gasteiger partial charge in [-0.3, -0.25) is 4.79 Å². The van der Waals surface area contributed by atoms with Crippen molar-refractivity contribution in [3.05, 3.63) is 28.5 Å². The number of ether oxygens (including phenoxy) is 2. The summed E-state index contributed by atoms with van der Waals surface area (Å²) in [6.45, 7) is 7.34. The summed E-state index contributed by atoms with van der Waals surface area (Å²) >= 11 is 1.14. The molecule has 1 aliphatic rings. The molecule has 0 saturated carbocycles. The molecule has 1 fully saturated rings. The van der Waals surface area contributed by atoms with Crippen LogP contribution in [0.15, 0.2) is 16.8 Å². The fourth-order valence-electron chi connectivity index (χ4n) is 2.74. The van der Waals surface area contributed by atoms with E-state index >= 15 is 0 Å². The number of nitrogens with zero attached hydrogens (tertiary/aromatic N) is 2. The predicted octanol–water partition coefficient (Wildman–Crippen LogP) is 3.12. The predicted molar refractivity (Wildman–Crippen MR) is 92.9 cm³/mol. The second-order valence-corrected chi connectivity index (χ2v) is 7.13. The van der Waals surface area contributed by atoms with Crippen LogP contribution < -0.4 is 10.1 Å². The fraction of sp³-hybridized carbons (Fsp3) is 0.588. The van der Waals surface area contributed by atoms with Gasteiger partial charge in [-0.25, -0.2) is 0 Å². The van der Waals surface area contributed by atoms with Crippen LogP contribution in [0.5, 0.6) is 5.88 Å². The van der Waals surface area contributed by atoms with E-state index in [0.717, 1.165) is 35.7 Å². The van der Waals surface area contributed by atoms with Crippen molar-refractivity contribution in [2.45, 2.75) is 45.8 Å². The van der Waals surface area contributed by atoms with Crippen molar-refractivity contribution >= 4 is 17.4 Å². The molecular weight excluding hydrogens is 342 g/mol. The number of carbonyl (C=O) groups is 1. The summed E-state index contributed by atoms with van der Waals surface area (Å²) in [6.07, 6.45) is 3.26. The molecule has 136 valence electrons. The molecule has 3 heterocycles. The SMILES string of the molecule is CCC(C)C(Oc1cc(C(=O)NC2CCOC2)sn1)c1cnoc1C. The highest BCUT2D eigenvalue weighted by Crippen LogP contribution is 2.32. The van der Waals surface area contributed by atoms with Crippen LogP contribution in [0, 0.1) is 12.8 Å². The molecule has 3 unspecified atom stereocenters. The molecule has 1 saturated heterocycles. The van der Waals surface area contributed by atoms with Crippen molar-refractivity contribution in [3.63, 3.8) is 0 Å². The molecule has 0 spiro atoms. The highest BCUT2D eigenvalue weighted by Gasteiger charge is 2.26. The van der Waals surface area contributed by atoms with E-state index in [1.165, 1.54) is 0 Å². The summed E-state index contributed by atoms with van der Waals surface area (Å²) in [6, 6.07) is 1.76. The molecule has 1 aliphatic heterocycles. The van der Waals surface area contributed by atoms with Crippen molar-refractivity contribution < 1.29 is 18.8 Å². The summed E-state index contributed by atoms with van der Waals surface area (Å²) < 4.78 is 20.8. The standard InChI is InChI=1S/C17H23N3O4S/c1-4-10(2)16(13-8-18-24-11(13)3)23-15-7-14(25-20-15)17(21)19-12-5-6-22-9-12/h7-8,10,12,16H,4-6,9H2,1-3H3,(H,19,21). The van der Waals surface area contributed by atoms with Crippen molar-refractivity contribution in [3.8, 4) is 5.88 Å². The summed E-state index contributed by atoms with van der Waals surface area (Å²) in [5, 5.41) is 6.80. The Bertz CT molecular complexity index is 708. The molecule has 2 aromatic rings. The molecule has 7 nitrogen and oxygen atoms in total. The Balaban J connectivity index is 1.69. The zero-order valence-electron chi connectivity index (χ0n) is 14.7. The van der Waals surface area contributed by atoms with Gasteiger partial charge in [-0.15, -0.1) is 0 Å². The number of aryl methyl sites for hydroxylation is 1. The number of rotatable bonds is 7. The van der Waals surface area contributed by atoms with Gasteiger partial charge < -0.3 is 19.3 Å². The van der Waals surface area contributed by atoms with Crippen LogP contribution >= 0.6 is 11.5 Å². The first kappa shape index (κ1) is 17.9. The molecule has 25 heavy (non-hydrogen) atoms. The van der Waals surface area contributed by atoms with E-state index in [1.807, 2.05) is 6.92 Å². The second kappa shape index (κ2) is 7.97. The van der Waals surface area contributed by atoms with Gasteiger partial charge in [-0.1, -0.05) is 19.0 Å². The van der Waals surface area contributed by atoms with Crippen LogP contribution in [0.25, 0.3) is 0 Å². The normalized spacial score (nSPS) is 19.6. The number of nitrogens with one attached hydrogen (secondary N) is 1. The Morgan fingerprint density at radius 2 is 2.40 bits per heavy atom. The van der Waals surface area contributed by atoms with Gasteiger partial charge in [0, 0.05) is 12.7 Å². The van der Waals surface area contributed by atoms with Gasteiger partial charge in [0.25, 0.3) is 5.91 Å². The van der Waals surface area contributed by atoms with E-state index < -0.39 is 0 Å². The molecule has 3 rings (SSSR count). The van der Waals surface area contributed by atoms with E-state index in [1.54, 1.807) is 12.3 Å². The maximum Gasteiger partial charge on any atom is 0.263 e. The highest BCUT2D eigenvalue weighted by molar-refractivity contribution is 7.08. The third-order valence-electron chi connectivity index (χ3n) is 4.48. The van der Waals surface area contributed by atoms with E-state index in [0.29, 0.717) is 24.0 Å². The van der Waals surface area contributed by atoms with Crippen LogP contribution in [-0.2, 0) is 4.74 Å². The van der Waals surface area contributed by atoms with Crippen molar-refractivity contribution in [2.24, 2.45) is 5.92 Å². The maximum atomic E-state index is 12.3. The Kier molecular flexibility index (Phi) is 5.70. The first-order chi connectivity index (χ1) is 12.1. The van der Waals surface area contributed by atoms with Gasteiger partial charge in [0.2, 0.25) is 5.88 Å². The third kappa shape index (κ3) is 4.19. The Morgan fingerprint density at radius 1 is 1.56 bits per heavy atom. The van der Waals surface area contributed by atoms with Crippen molar-refractivity contribution in [2.75, 3.05) is 13.2 Å². The molecule has 0 aromatic carbocycles. The van der Waals surface area contributed by atoms with E-state index in [9.17, 15) is 4.79 Å². The molecule has 2 aromatic heterocycles. The zero-order chi connectivity index (χ0) is 17.8. The minimum absolute atomic E-state index is 0.0754. The van der Waals surface area contributed by atoms with E-state index in [4.69, 9.17) is 14.0 Å². The van der Waals surface area contributed by atoms with E-state index in [2.05, 4.69) is 28.7 Å². The van der Waals surface area contributed by atoms with E-state index in [-0.39, 0.29) is 24.0 Å². The maximum absolute atomic E-state index is 12.3. The van der Waals surface area contributed by atoms with Gasteiger partial charge in [0.05, 0.1) is 24.4 Å². The second-order valence-electron chi connectivity index (χ2n) is 6.32. The molecule has 1 amide bonds. The Labute approximate surface area is 150 Å². The summed E-state index contributed by atoms with van der Waals surface area (Å²) in [4.78, 5) is 12.8. The smallest absolute Gasteiger partial charge is 0.263 e. The Hall–Kier alpha value is -1.93. The zero-order valence-corrected chi connectivity index (χ0v) is 15.5. The lowest BCUT2D eigenvalue weighted by molar-refractivity contribution is 0.0933. The lowest BCUT2D eigenvalue weighted by Gasteiger charge is -2.22. The first-order valence-corrected chi connectivity index (χ1v) is 9.29. The average Bonchev–Trinajstić information content (AvgIpc) is 3.34. The number of carbonyl (C=O) groups excluding carboxylic acids is 1. The van der Waals surface area contributed by atoms with Gasteiger partial charge >= 0.3 is 0 Å². The minimum Gasteiger partial charge on any atom is -0.468 e. The Morgan fingerprint density at radius 3 is 3.04 bits per heavy atom. The number of aromatic nitrogens is 2. The van der Waals surface area contributed by atoms with Crippen molar-refractivity contribution in [1.29, 1.82) is 0 Å². The van der Waals surface area contributed by atoms with Gasteiger partial charge in [-0.2, -0.15) is 4.37 Å². The van der Waals surface area contributed by atoms with Crippen molar-refractivity contribution in [1.82, 2.24) is 14.8 Å². The van der Waals surface area contributed by atoms with Crippen LogP contribution in [0.4, 0.5) is 0 Å². The molecule has 0 bridgehead atoms. The van der Waals surface area contributed by atoms with Crippen LogP contribution in [-0.4, -0.2) is 34.7 Å². The summed E-state index contributed by atoms with van der Waals surface area (Å²) in [5.41, 5.74) is 0.913. The lowest BCUT2D eigenvalue weighted by Crippen LogP contribution is -2.34. The van der Waals surface area contributed by atoms with Crippen LogP contribution in [0.2, 0.25) is 0 Å². The minimum atomic E-state index is -0.211. The van der Waals surface area contributed by atoms with Crippen LogP contribution in [0.1, 0.15) is 53.8 Å². The number of hydrogen-bond acceptors (Lipinski definition) is 7. The lowest BCUT2D eigenvalue weighted by atomic mass is 9.96. The third-order valence-corrected chi connectivity index (χ3v) is 5.25. The number of hydrogen-bond donors (Lipinski definition) is 1. The van der Waals surface area contributed by atoms with Gasteiger partial charge in [-0.05, 0) is 37.2 Å². The quantitative estimate of drug-likeness (QED) is 0.811. The molecule has 0 aliphatic carbocycles. The highest BCUT2D eigenvalue weighted by atomic mass is 32.1. The fourth-order valence-corrected chi connectivity index (χ4v) is 3.32. The molecule has 0 radical (unpaired) electrons. The molecule has 3 atom stereocenters. The molecular formula is C17H23N3O4S. The molecule has 8 heteroatoms. The summed E-state index contributed by atoms with van der Waals surface area (Å²) in [7, 11) is 0. The van der Waals surface area contributed by atoms with Gasteiger partial charge in [0.1, 0.15) is 16.7 Å². The average molecular weight is 365 g/mol. The number of amides is 1. The largest absolute Gasteiger partial charge is 0.468 e. The topological polar surface area (TPSA) is 86.5 Å². The molecule has 1 N–H and O–H groups in total.